The van der Waals surface area contributed by atoms with E-state index in [1.807, 2.05) is 32.0 Å². The number of thiophene rings is 1. The number of fused-ring (bicyclic) bond motifs is 1. The minimum absolute atomic E-state index is 0.0226. The summed E-state index contributed by atoms with van der Waals surface area (Å²) in [5, 5.41) is 14.4. The average Bonchev–Trinajstić information content (AvgIpc) is 3.07. The lowest BCUT2D eigenvalue weighted by atomic mass is 10.1. The van der Waals surface area contributed by atoms with Crippen molar-refractivity contribution in [3.63, 3.8) is 0 Å². The molecule has 2 aromatic carbocycles. The first kappa shape index (κ1) is 19.5. The Morgan fingerprint density at radius 2 is 1.82 bits per heavy atom. The third kappa shape index (κ3) is 4.01. The van der Waals surface area contributed by atoms with Crippen molar-refractivity contribution >= 4 is 44.6 Å². The van der Waals surface area contributed by atoms with Gasteiger partial charge in [0.25, 0.3) is 11.6 Å². The number of anilines is 1. The highest BCUT2D eigenvalue weighted by Crippen LogP contribution is 2.29. The average molecular weight is 397 g/mol. The molecular weight excluding hydrogens is 378 g/mol. The number of nitro groups is 1. The predicted octanol–water partition coefficient (Wildman–Crippen LogP) is 4.14. The molecule has 0 bridgehead atoms. The zero-order chi connectivity index (χ0) is 20.4. The number of non-ortho nitro benzene ring substituents is 1. The maximum absolute atomic E-state index is 12.7. The van der Waals surface area contributed by atoms with Gasteiger partial charge in [-0.15, -0.1) is 11.3 Å². The van der Waals surface area contributed by atoms with Crippen LogP contribution in [0.5, 0.6) is 0 Å². The summed E-state index contributed by atoms with van der Waals surface area (Å²) in [6, 6.07) is 11.8. The van der Waals surface area contributed by atoms with E-state index in [-0.39, 0.29) is 24.0 Å². The van der Waals surface area contributed by atoms with Gasteiger partial charge < -0.3 is 10.2 Å². The van der Waals surface area contributed by atoms with Crippen molar-refractivity contribution in [2.45, 2.75) is 13.8 Å². The molecule has 2 amide bonds. The fraction of sp³-hybridized carbons (Fsp3) is 0.200. The first-order chi connectivity index (χ1) is 13.3. The Morgan fingerprint density at radius 1 is 1.14 bits per heavy atom. The molecule has 0 atom stereocenters. The SMILES string of the molecule is Cc1cccc(C)c1NC(=O)CN(C)C(=O)c1cc2cc([N+](=O)[O-])ccc2s1. The van der Waals surface area contributed by atoms with E-state index < -0.39 is 4.92 Å². The normalized spacial score (nSPS) is 10.7. The standard InChI is InChI=1S/C20H19N3O4S/c1-12-5-4-6-13(2)19(12)21-18(24)11-22(3)20(25)17-10-14-9-15(23(26)27)7-8-16(14)28-17/h4-10H,11H2,1-3H3,(H,21,24). The van der Waals surface area contributed by atoms with E-state index in [0.29, 0.717) is 10.3 Å². The second kappa shape index (κ2) is 7.77. The summed E-state index contributed by atoms with van der Waals surface area (Å²) in [5.74, 6) is -0.592. The Morgan fingerprint density at radius 3 is 2.46 bits per heavy atom. The lowest BCUT2D eigenvalue weighted by molar-refractivity contribution is -0.384. The van der Waals surface area contributed by atoms with Crippen LogP contribution in [0.4, 0.5) is 11.4 Å². The number of aryl methyl sites for hydroxylation is 2. The molecule has 0 aliphatic heterocycles. The fourth-order valence-electron chi connectivity index (χ4n) is 2.92. The maximum atomic E-state index is 12.7. The van der Waals surface area contributed by atoms with Crippen LogP contribution in [0.15, 0.2) is 42.5 Å². The van der Waals surface area contributed by atoms with E-state index in [4.69, 9.17) is 0 Å². The van der Waals surface area contributed by atoms with E-state index in [1.165, 1.54) is 28.4 Å². The van der Waals surface area contributed by atoms with Crippen molar-refractivity contribution in [3.8, 4) is 0 Å². The van der Waals surface area contributed by atoms with Gasteiger partial charge in [-0.3, -0.25) is 19.7 Å². The number of nitrogens with one attached hydrogen (secondary N) is 1. The third-order valence-corrected chi connectivity index (χ3v) is 5.50. The molecular formula is C20H19N3O4S. The van der Waals surface area contributed by atoms with E-state index in [0.717, 1.165) is 21.5 Å². The lowest BCUT2D eigenvalue weighted by Crippen LogP contribution is -2.34. The van der Waals surface area contributed by atoms with Gasteiger partial charge in [-0.1, -0.05) is 18.2 Å². The number of nitro benzene ring substituents is 1. The summed E-state index contributed by atoms with van der Waals surface area (Å²) in [4.78, 5) is 37.3. The molecule has 1 heterocycles. The lowest BCUT2D eigenvalue weighted by Gasteiger charge is -2.17. The molecule has 3 aromatic rings. The highest BCUT2D eigenvalue weighted by atomic mass is 32.1. The van der Waals surface area contributed by atoms with Crippen LogP contribution >= 0.6 is 11.3 Å². The minimum Gasteiger partial charge on any atom is -0.332 e. The molecule has 0 fully saturated rings. The number of carbonyl (C=O) groups excluding carboxylic acids is 2. The zero-order valence-corrected chi connectivity index (χ0v) is 16.5. The van der Waals surface area contributed by atoms with Gasteiger partial charge in [-0.2, -0.15) is 0 Å². The summed E-state index contributed by atoms with van der Waals surface area (Å²) in [7, 11) is 1.56. The highest BCUT2D eigenvalue weighted by molar-refractivity contribution is 7.20. The Labute approximate surface area is 165 Å². The van der Waals surface area contributed by atoms with E-state index >= 15 is 0 Å². The van der Waals surface area contributed by atoms with Crippen LogP contribution in [-0.2, 0) is 4.79 Å². The summed E-state index contributed by atoms with van der Waals surface area (Å²) in [5.41, 5.74) is 2.63. The minimum atomic E-state index is -0.470. The fourth-order valence-corrected chi connectivity index (χ4v) is 3.95. The van der Waals surface area contributed by atoms with Gasteiger partial charge in [-0.25, -0.2) is 0 Å². The van der Waals surface area contributed by atoms with Crippen molar-refractivity contribution in [2.75, 3.05) is 18.9 Å². The summed E-state index contributed by atoms with van der Waals surface area (Å²) in [6.07, 6.45) is 0. The Hall–Kier alpha value is -3.26. The van der Waals surface area contributed by atoms with Gasteiger partial charge in [0.1, 0.15) is 0 Å². The smallest absolute Gasteiger partial charge is 0.270 e. The molecule has 0 unspecified atom stereocenters. The van der Waals surface area contributed by atoms with Gasteiger partial charge in [0.15, 0.2) is 0 Å². The molecule has 7 nitrogen and oxygen atoms in total. The first-order valence-electron chi connectivity index (χ1n) is 8.56. The number of para-hydroxylation sites is 1. The molecule has 0 saturated heterocycles. The molecule has 28 heavy (non-hydrogen) atoms. The number of nitrogens with zero attached hydrogens (tertiary/aromatic N) is 2. The van der Waals surface area contributed by atoms with Crippen LogP contribution in [0, 0.1) is 24.0 Å². The Bertz CT molecular complexity index is 1070. The highest BCUT2D eigenvalue weighted by Gasteiger charge is 2.19. The molecule has 3 rings (SSSR count). The second-order valence-electron chi connectivity index (χ2n) is 6.57. The number of likely N-dealkylation sites (N-methyl/N-ethyl adjacent to an activating group) is 1. The van der Waals surface area contributed by atoms with E-state index in [9.17, 15) is 19.7 Å². The number of hydrogen-bond donors (Lipinski definition) is 1. The van der Waals surface area contributed by atoms with Crippen LogP contribution < -0.4 is 5.32 Å². The van der Waals surface area contributed by atoms with E-state index in [1.54, 1.807) is 19.2 Å². The molecule has 0 spiro atoms. The molecule has 1 N–H and O–H groups in total. The number of benzene rings is 2. The van der Waals surface area contributed by atoms with Gasteiger partial charge in [-0.05, 0) is 37.1 Å². The van der Waals surface area contributed by atoms with Crippen LogP contribution in [0.3, 0.4) is 0 Å². The molecule has 0 aliphatic carbocycles. The largest absolute Gasteiger partial charge is 0.332 e. The van der Waals surface area contributed by atoms with Gasteiger partial charge in [0.05, 0.1) is 16.3 Å². The predicted molar refractivity (Wildman–Crippen MR) is 110 cm³/mol. The van der Waals surface area contributed by atoms with Crippen molar-refractivity contribution < 1.29 is 14.5 Å². The second-order valence-corrected chi connectivity index (χ2v) is 7.65. The number of amides is 2. The molecule has 0 saturated carbocycles. The summed E-state index contributed by atoms with van der Waals surface area (Å²) >= 11 is 1.24. The molecule has 0 aliphatic rings. The zero-order valence-electron chi connectivity index (χ0n) is 15.7. The van der Waals surface area contributed by atoms with Crippen molar-refractivity contribution in [1.29, 1.82) is 0 Å². The molecule has 144 valence electrons. The van der Waals surface area contributed by atoms with Crippen LogP contribution in [0.1, 0.15) is 20.8 Å². The molecule has 0 radical (unpaired) electrons. The van der Waals surface area contributed by atoms with Crippen LogP contribution in [0.25, 0.3) is 10.1 Å². The monoisotopic (exact) mass is 397 g/mol. The topological polar surface area (TPSA) is 92.6 Å². The van der Waals surface area contributed by atoms with Gasteiger partial charge in [0, 0.05) is 35.0 Å². The van der Waals surface area contributed by atoms with Crippen molar-refractivity contribution in [3.05, 3.63) is 68.6 Å². The Kier molecular flexibility index (Phi) is 5.41. The quantitative estimate of drug-likeness (QED) is 0.517. The number of hydrogen-bond acceptors (Lipinski definition) is 5. The van der Waals surface area contributed by atoms with Crippen molar-refractivity contribution in [1.82, 2.24) is 4.90 Å². The first-order valence-corrected chi connectivity index (χ1v) is 9.37. The number of carbonyl (C=O) groups is 2. The number of rotatable bonds is 5. The summed E-state index contributed by atoms with van der Waals surface area (Å²) < 4.78 is 0.780. The third-order valence-electron chi connectivity index (χ3n) is 4.39. The van der Waals surface area contributed by atoms with Gasteiger partial charge >= 0.3 is 0 Å². The van der Waals surface area contributed by atoms with Gasteiger partial charge in [0.2, 0.25) is 5.91 Å². The maximum Gasteiger partial charge on any atom is 0.270 e. The molecule has 1 aromatic heterocycles. The van der Waals surface area contributed by atoms with Crippen LogP contribution in [-0.4, -0.2) is 35.2 Å². The Balaban J connectivity index is 1.72. The van der Waals surface area contributed by atoms with Crippen LogP contribution in [0.2, 0.25) is 0 Å². The molecule has 8 heteroatoms. The van der Waals surface area contributed by atoms with Crippen molar-refractivity contribution in [2.24, 2.45) is 0 Å². The summed E-state index contributed by atoms with van der Waals surface area (Å²) in [6.45, 7) is 3.72. The van der Waals surface area contributed by atoms with E-state index in [2.05, 4.69) is 5.32 Å².